The van der Waals surface area contributed by atoms with Gasteiger partial charge in [-0.2, -0.15) is 0 Å². The third-order valence-corrected chi connectivity index (χ3v) is 5.44. The van der Waals surface area contributed by atoms with Gasteiger partial charge >= 0.3 is 0 Å². The van der Waals surface area contributed by atoms with Gasteiger partial charge in [0.15, 0.2) is 0 Å². The van der Waals surface area contributed by atoms with Crippen molar-refractivity contribution in [2.24, 2.45) is 11.3 Å². The topological polar surface area (TPSA) is 27.7 Å². The fraction of sp³-hybridized carbons (Fsp3) is 0.750. The minimum absolute atomic E-state index is 0.176. The van der Waals surface area contributed by atoms with Crippen molar-refractivity contribution in [3.05, 3.63) is 18.2 Å². The van der Waals surface area contributed by atoms with Crippen LogP contribution in [0.25, 0.3) is 0 Å². The van der Waals surface area contributed by atoms with Crippen molar-refractivity contribution in [1.29, 1.82) is 0 Å². The first-order valence-corrected chi connectivity index (χ1v) is 10.6. The SMILES string of the molecule is CCCCCCCCC(C(C)(C)C)C(C)(C)Oc1cc(OC)cc(OC)c1. The molecule has 0 fully saturated rings. The third kappa shape index (κ3) is 8.02. The van der Waals surface area contributed by atoms with Gasteiger partial charge in [-0.15, -0.1) is 0 Å². The lowest BCUT2D eigenvalue weighted by Crippen LogP contribution is -2.44. The number of hydrogen-bond acceptors (Lipinski definition) is 3. The molecule has 0 heterocycles. The molecule has 3 heteroatoms. The Morgan fingerprint density at radius 2 is 1.22 bits per heavy atom. The Bertz CT molecular complexity index is 521. The zero-order valence-corrected chi connectivity index (χ0v) is 19.0. The lowest BCUT2D eigenvalue weighted by atomic mass is 9.69. The summed E-state index contributed by atoms with van der Waals surface area (Å²) in [4.78, 5) is 0. The zero-order valence-electron chi connectivity index (χ0n) is 19.0. The minimum Gasteiger partial charge on any atom is -0.496 e. The maximum Gasteiger partial charge on any atom is 0.127 e. The van der Waals surface area contributed by atoms with E-state index in [4.69, 9.17) is 14.2 Å². The first-order chi connectivity index (χ1) is 12.6. The molecule has 27 heavy (non-hydrogen) atoms. The van der Waals surface area contributed by atoms with Gasteiger partial charge in [0.05, 0.1) is 14.2 Å². The van der Waals surface area contributed by atoms with Crippen molar-refractivity contribution >= 4 is 0 Å². The summed E-state index contributed by atoms with van der Waals surface area (Å²) in [7, 11) is 3.33. The molecular weight excluding hydrogens is 336 g/mol. The molecule has 0 aromatic heterocycles. The molecule has 0 spiro atoms. The van der Waals surface area contributed by atoms with Gasteiger partial charge in [0.1, 0.15) is 22.8 Å². The molecule has 1 aromatic carbocycles. The van der Waals surface area contributed by atoms with Crippen LogP contribution >= 0.6 is 0 Å². The second kappa shape index (κ2) is 10.8. The highest BCUT2D eigenvalue weighted by atomic mass is 16.5. The van der Waals surface area contributed by atoms with E-state index in [9.17, 15) is 0 Å². The number of hydrogen-bond donors (Lipinski definition) is 0. The van der Waals surface area contributed by atoms with Crippen LogP contribution in [0.5, 0.6) is 17.2 Å². The van der Waals surface area contributed by atoms with Crippen LogP contribution in [0.3, 0.4) is 0 Å². The highest BCUT2D eigenvalue weighted by Gasteiger charge is 2.39. The van der Waals surface area contributed by atoms with E-state index in [2.05, 4.69) is 41.5 Å². The monoisotopic (exact) mass is 378 g/mol. The smallest absolute Gasteiger partial charge is 0.127 e. The van der Waals surface area contributed by atoms with Gasteiger partial charge < -0.3 is 14.2 Å². The molecule has 0 N–H and O–H groups in total. The predicted molar refractivity (Wildman–Crippen MR) is 115 cm³/mol. The first-order valence-electron chi connectivity index (χ1n) is 10.6. The number of ether oxygens (including phenoxy) is 3. The number of methoxy groups -OCH3 is 2. The van der Waals surface area contributed by atoms with E-state index in [1.54, 1.807) is 14.2 Å². The van der Waals surface area contributed by atoms with E-state index >= 15 is 0 Å². The van der Waals surface area contributed by atoms with Crippen LogP contribution in [-0.4, -0.2) is 19.8 Å². The van der Waals surface area contributed by atoms with Crippen LogP contribution < -0.4 is 14.2 Å². The van der Waals surface area contributed by atoms with Gasteiger partial charge in [0, 0.05) is 24.1 Å². The van der Waals surface area contributed by atoms with Gasteiger partial charge in [0.2, 0.25) is 0 Å². The highest BCUT2D eigenvalue weighted by molar-refractivity contribution is 5.42. The maximum atomic E-state index is 6.51. The van der Waals surface area contributed by atoms with Crippen LogP contribution in [0.15, 0.2) is 18.2 Å². The van der Waals surface area contributed by atoms with Gasteiger partial charge in [-0.1, -0.05) is 66.2 Å². The van der Waals surface area contributed by atoms with Crippen molar-refractivity contribution in [3.8, 4) is 17.2 Å². The lowest BCUT2D eigenvalue weighted by molar-refractivity contribution is -0.0169. The molecule has 156 valence electrons. The Kier molecular flexibility index (Phi) is 9.49. The molecule has 0 saturated carbocycles. The van der Waals surface area contributed by atoms with Gasteiger partial charge in [-0.05, 0) is 25.7 Å². The summed E-state index contributed by atoms with van der Waals surface area (Å²) in [6, 6.07) is 5.75. The van der Waals surface area contributed by atoms with E-state index < -0.39 is 0 Å². The molecule has 1 atom stereocenters. The first kappa shape index (κ1) is 23.7. The second-order valence-electron chi connectivity index (χ2n) is 9.23. The zero-order chi connectivity index (χ0) is 20.5. The maximum absolute atomic E-state index is 6.51. The van der Waals surface area contributed by atoms with Crippen LogP contribution in [0.4, 0.5) is 0 Å². The summed E-state index contributed by atoms with van der Waals surface area (Å²) in [6.45, 7) is 13.7. The molecule has 1 aromatic rings. The van der Waals surface area contributed by atoms with Crippen LogP contribution in [0, 0.1) is 11.3 Å². The summed E-state index contributed by atoms with van der Waals surface area (Å²) in [5.41, 5.74) is -0.102. The third-order valence-electron chi connectivity index (χ3n) is 5.44. The molecule has 3 nitrogen and oxygen atoms in total. The fourth-order valence-corrected chi connectivity index (χ4v) is 4.17. The Morgan fingerprint density at radius 1 is 0.741 bits per heavy atom. The largest absolute Gasteiger partial charge is 0.496 e. The molecule has 0 bridgehead atoms. The molecule has 0 radical (unpaired) electrons. The summed E-state index contributed by atoms with van der Waals surface area (Å²) in [5.74, 6) is 2.76. The predicted octanol–water partition coefficient (Wildman–Crippen LogP) is 7.27. The van der Waals surface area contributed by atoms with Crippen molar-refractivity contribution in [2.45, 2.75) is 92.1 Å². The Balaban J connectivity index is 2.84. The lowest BCUT2D eigenvalue weighted by Gasteiger charge is -2.43. The normalized spacial score (nSPS) is 13.3. The van der Waals surface area contributed by atoms with Crippen molar-refractivity contribution in [3.63, 3.8) is 0 Å². The van der Waals surface area contributed by atoms with Crippen molar-refractivity contribution in [1.82, 2.24) is 0 Å². The van der Waals surface area contributed by atoms with Gasteiger partial charge in [-0.3, -0.25) is 0 Å². The van der Waals surface area contributed by atoms with E-state index in [0.717, 1.165) is 17.2 Å². The average Bonchev–Trinajstić information content (AvgIpc) is 2.58. The average molecular weight is 379 g/mol. The molecule has 0 aliphatic rings. The molecule has 1 rings (SSSR count). The molecular formula is C24H42O3. The number of benzene rings is 1. The summed E-state index contributed by atoms with van der Waals surface area (Å²) in [6.07, 6.45) is 9.13. The fourth-order valence-electron chi connectivity index (χ4n) is 4.17. The Morgan fingerprint density at radius 3 is 1.70 bits per heavy atom. The second-order valence-corrected chi connectivity index (χ2v) is 9.23. The quantitative estimate of drug-likeness (QED) is 0.358. The summed E-state index contributed by atoms with van der Waals surface area (Å²) >= 11 is 0. The molecule has 1 unspecified atom stereocenters. The number of rotatable bonds is 12. The van der Waals surface area contributed by atoms with Crippen LogP contribution in [0.2, 0.25) is 0 Å². The summed E-state index contributed by atoms with van der Waals surface area (Å²) < 4.78 is 17.3. The molecule has 0 saturated heterocycles. The van der Waals surface area contributed by atoms with Gasteiger partial charge in [-0.25, -0.2) is 0 Å². The molecule has 0 aliphatic heterocycles. The number of unbranched alkanes of at least 4 members (excludes halogenated alkanes) is 5. The van der Waals surface area contributed by atoms with E-state index in [0.29, 0.717) is 5.92 Å². The van der Waals surface area contributed by atoms with E-state index in [-0.39, 0.29) is 11.0 Å². The van der Waals surface area contributed by atoms with Crippen LogP contribution in [-0.2, 0) is 0 Å². The van der Waals surface area contributed by atoms with E-state index in [1.165, 1.54) is 44.9 Å². The standard InChI is InChI=1S/C24H42O3/c1-9-10-11-12-13-14-15-22(23(2,3)4)24(5,6)27-21-17-19(25-7)16-20(18-21)26-8/h16-18,22H,9-15H2,1-8H3. The highest BCUT2D eigenvalue weighted by Crippen LogP contribution is 2.42. The van der Waals surface area contributed by atoms with E-state index in [1.807, 2.05) is 18.2 Å². The minimum atomic E-state index is -0.279. The Hall–Kier alpha value is -1.38. The summed E-state index contributed by atoms with van der Waals surface area (Å²) in [5, 5.41) is 0. The molecule has 0 amide bonds. The van der Waals surface area contributed by atoms with Crippen molar-refractivity contribution in [2.75, 3.05) is 14.2 Å². The van der Waals surface area contributed by atoms with Gasteiger partial charge in [0.25, 0.3) is 0 Å². The molecule has 0 aliphatic carbocycles. The van der Waals surface area contributed by atoms with Crippen molar-refractivity contribution < 1.29 is 14.2 Å². The Labute approximate surface area is 167 Å². The van der Waals surface area contributed by atoms with Crippen LogP contribution in [0.1, 0.15) is 86.5 Å².